The van der Waals surface area contributed by atoms with Crippen molar-refractivity contribution in [1.82, 2.24) is 4.90 Å². The van der Waals surface area contributed by atoms with Gasteiger partial charge in [0.25, 0.3) is 11.8 Å². The van der Waals surface area contributed by atoms with Gasteiger partial charge >= 0.3 is 0 Å². The number of carbonyl (C=O) groups is 2. The Kier molecular flexibility index (Phi) is 6.47. The van der Waals surface area contributed by atoms with Crippen molar-refractivity contribution in [3.8, 4) is 5.75 Å². The molecular weight excluding hydrogens is 340 g/mol. The number of amides is 2. The van der Waals surface area contributed by atoms with Crippen molar-refractivity contribution in [3.05, 3.63) is 59.7 Å². The molecule has 0 aliphatic carbocycles. The highest BCUT2D eigenvalue weighted by Crippen LogP contribution is 2.21. The minimum Gasteiger partial charge on any atom is -0.494 e. The van der Waals surface area contributed by atoms with E-state index in [2.05, 4.69) is 5.32 Å². The average molecular weight is 366 g/mol. The number of anilines is 1. The van der Waals surface area contributed by atoms with Gasteiger partial charge < -0.3 is 15.0 Å². The second-order valence-corrected chi connectivity index (χ2v) is 6.67. The molecule has 27 heavy (non-hydrogen) atoms. The van der Waals surface area contributed by atoms with Crippen molar-refractivity contribution in [2.45, 2.75) is 32.6 Å². The van der Waals surface area contributed by atoms with Crippen LogP contribution in [0.15, 0.2) is 48.5 Å². The summed E-state index contributed by atoms with van der Waals surface area (Å²) in [5, 5.41) is 2.89. The Bertz CT molecular complexity index is 796. The average Bonchev–Trinajstić information content (AvgIpc) is 2.98. The van der Waals surface area contributed by atoms with Crippen molar-refractivity contribution >= 4 is 17.5 Å². The first-order valence-electron chi connectivity index (χ1n) is 9.61. The highest BCUT2D eigenvalue weighted by Gasteiger charge is 2.21. The van der Waals surface area contributed by atoms with Crippen molar-refractivity contribution in [3.63, 3.8) is 0 Å². The van der Waals surface area contributed by atoms with Crippen LogP contribution < -0.4 is 10.1 Å². The lowest BCUT2D eigenvalue weighted by atomic mass is 10.1. The van der Waals surface area contributed by atoms with E-state index in [0.29, 0.717) is 29.2 Å². The normalized spacial score (nSPS) is 14.3. The Balaban J connectivity index is 1.78. The zero-order chi connectivity index (χ0) is 19.1. The van der Waals surface area contributed by atoms with Gasteiger partial charge in [-0.25, -0.2) is 0 Å². The topological polar surface area (TPSA) is 58.6 Å². The van der Waals surface area contributed by atoms with Gasteiger partial charge in [-0.1, -0.05) is 31.0 Å². The first-order chi connectivity index (χ1) is 13.2. The number of carbonyl (C=O) groups excluding carboxylic acids is 2. The lowest BCUT2D eigenvalue weighted by molar-refractivity contribution is 0.0762. The molecule has 5 nitrogen and oxygen atoms in total. The molecule has 0 aromatic heterocycles. The van der Waals surface area contributed by atoms with Crippen molar-refractivity contribution in [2.24, 2.45) is 0 Å². The van der Waals surface area contributed by atoms with Crippen LogP contribution in [-0.4, -0.2) is 36.4 Å². The smallest absolute Gasteiger partial charge is 0.255 e. The van der Waals surface area contributed by atoms with E-state index in [1.165, 1.54) is 12.8 Å². The van der Waals surface area contributed by atoms with E-state index in [9.17, 15) is 9.59 Å². The van der Waals surface area contributed by atoms with Crippen molar-refractivity contribution < 1.29 is 14.3 Å². The van der Waals surface area contributed by atoms with Gasteiger partial charge in [-0.3, -0.25) is 9.59 Å². The molecule has 2 amide bonds. The number of hydrogen-bond donors (Lipinski definition) is 1. The fourth-order valence-corrected chi connectivity index (χ4v) is 3.31. The molecule has 1 saturated heterocycles. The third-order valence-electron chi connectivity index (χ3n) is 4.71. The molecule has 1 heterocycles. The van der Waals surface area contributed by atoms with E-state index in [4.69, 9.17) is 4.74 Å². The highest BCUT2D eigenvalue weighted by atomic mass is 16.5. The van der Waals surface area contributed by atoms with Gasteiger partial charge in [0.2, 0.25) is 0 Å². The molecule has 0 spiro atoms. The molecule has 1 aliphatic rings. The van der Waals surface area contributed by atoms with E-state index < -0.39 is 0 Å². The number of hydrogen-bond acceptors (Lipinski definition) is 3. The van der Waals surface area contributed by atoms with Crippen molar-refractivity contribution in [1.29, 1.82) is 0 Å². The van der Waals surface area contributed by atoms with Crippen LogP contribution in [0.1, 0.15) is 53.3 Å². The highest BCUT2D eigenvalue weighted by molar-refractivity contribution is 6.09. The molecular formula is C22H26N2O3. The second kappa shape index (κ2) is 9.21. The first kappa shape index (κ1) is 19.0. The van der Waals surface area contributed by atoms with Gasteiger partial charge in [0.15, 0.2) is 0 Å². The zero-order valence-corrected chi connectivity index (χ0v) is 15.7. The third kappa shape index (κ3) is 4.88. The first-order valence-corrected chi connectivity index (χ1v) is 9.61. The molecule has 1 aliphatic heterocycles. The molecule has 5 heteroatoms. The van der Waals surface area contributed by atoms with Crippen LogP contribution in [0.2, 0.25) is 0 Å². The summed E-state index contributed by atoms with van der Waals surface area (Å²) in [6.45, 7) is 3.99. The Labute approximate surface area is 160 Å². The minimum absolute atomic E-state index is 0.0177. The van der Waals surface area contributed by atoms with E-state index in [0.717, 1.165) is 25.9 Å². The summed E-state index contributed by atoms with van der Waals surface area (Å²) in [4.78, 5) is 27.6. The van der Waals surface area contributed by atoms with Gasteiger partial charge in [0, 0.05) is 18.7 Å². The molecule has 0 unspecified atom stereocenters. The Morgan fingerprint density at radius 1 is 1.00 bits per heavy atom. The van der Waals surface area contributed by atoms with Crippen LogP contribution in [0.3, 0.4) is 0 Å². The molecule has 1 N–H and O–H groups in total. The SMILES string of the molecule is CCOc1cccc(C(=O)Nc2ccccc2C(=O)N2CCCCCC2)c1. The predicted molar refractivity (Wildman–Crippen MR) is 106 cm³/mol. The van der Waals surface area contributed by atoms with Crippen LogP contribution in [0.25, 0.3) is 0 Å². The van der Waals surface area contributed by atoms with Crippen LogP contribution in [0.5, 0.6) is 5.75 Å². The molecule has 142 valence electrons. The molecule has 0 bridgehead atoms. The quantitative estimate of drug-likeness (QED) is 0.856. The van der Waals surface area contributed by atoms with E-state index >= 15 is 0 Å². The maximum absolute atomic E-state index is 13.0. The van der Waals surface area contributed by atoms with Crippen LogP contribution in [0.4, 0.5) is 5.69 Å². The fourth-order valence-electron chi connectivity index (χ4n) is 3.31. The van der Waals surface area contributed by atoms with E-state index in [1.54, 1.807) is 30.3 Å². The van der Waals surface area contributed by atoms with Crippen molar-refractivity contribution in [2.75, 3.05) is 25.0 Å². The summed E-state index contributed by atoms with van der Waals surface area (Å²) in [7, 11) is 0. The molecule has 3 rings (SSSR count). The molecule has 2 aromatic carbocycles. The molecule has 0 atom stereocenters. The maximum Gasteiger partial charge on any atom is 0.255 e. The van der Waals surface area contributed by atoms with Crippen LogP contribution in [-0.2, 0) is 0 Å². The van der Waals surface area contributed by atoms with E-state index in [1.807, 2.05) is 30.0 Å². The van der Waals surface area contributed by atoms with Gasteiger partial charge in [-0.15, -0.1) is 0 Å². The standard InChI is InChI=1S/C22H26N2O3/c1-2-27-18-11-9-10-17(16-18)21(25)23-20-13-6-5-12-19(20)22(26)24-14-7-3-4-8-15-24/h5-6,9-13,16H,2-4,7-8,14-15H2,1H3,(H,23,25). The Hall–Kier alpha value is -2.82. The maximum atomic E-state index is 13.0. The zero-order valence-electron chi connectivity index (χ0n) is 15.7. The Morgan fingerprint density at radius 2 is 1.74 bits per heavy atom. The lowest BCUT2D eigenvalue weighted by Crippen LogP contribution is -2.32. The molecule has 1 fully saturated rings. The Morgan fingerprint density at radius 3 is 2.48 bits per heavy atom. The predicted octanol–water partition coefficient (Wildman–Crippen LogP) is 4.35. The van der Waals surface area contributed by atoms with Crippen LogP contribution in [0, 0.1) is 0 Å². The summed E-state index contributed by atoms with van der Waals surface area (Å²) in [6.07, 6.45) is 4.39. The monoisotopic (exact) mass is 366 g/mol. The lowest BCUT2D eigenvalue weighted by Gasteiger charge is -2.22. The summed E-state index contributed by atoms with van der Waals surface area (Å²) in [5.74, 6) is 0.377. The summed E-state index contributed by atoms with van der Waals surface area (Å²) >= 11 is 0. The van der Waals surface area contributed by atoms with Gasteiger partial charge in [-0.05, 0) is 50.1 Å². The largest absolute Gasteiger partial charge is 0.494 e. The van der Waals surface area contributed by atoms with Gasteiger partial charge in [0.05, 0.1) is 17.9 Å². The number of nitrogens with zero attached hydrogens (tertiary/aromatic N) is 1. The third-order valence-corrected chi connectivity index (χ3v) is 4.71. The molecule has 0 radical (unpaired) electrons. The van der Waals surface area contributed by atoms with Crippen LogP contribution >= 0.6 is 0 Å². The molecule has 0 saturated carbocycles. The summed E-state index contributed by atoms with van der Waals surface area (Å²) < 4.78 is 5.46. The van der Waals surface area contributed by atoms with Gasteiger partial charge in [0.1, 0.15) is 5.75 Å². The number of likely N-dealkylation sites (tertiary alicyclic amines) is 1. The number of benzene rings is 2. The second-order valence-electron chi connectivity index (χ2n) is 6.67. The fraction of sp³-hybridized carbons (Fsp3) is 0.364. The van der Waals surface area contributed by atoms with Gasteiger partial charge in [-0.2, -0.15) is 0 Å². The minimum atomic E-state index is -0.257. The number of rotatable bonds is 5. The number of para-hydroxylation sites is 1. The summed E-state index contributed by atoms with van der Waals surface area (Å²) in [6, 6.07) is 14.2. The molecule has 2 aromatic rings. The van der Waals surface area contributed by atoms with E-state index in [-0.39, 0.29) is 11.8 Å². The number of ether oxygens (including phenoxy) is 1. The number of nitrogens with one attached hydrogen (secondary N) is 1. The summed E-state index contributed by atoms with van der Waals surface area (Å²) in [5.41, 5.74) is 1.57.